The van der Waals surface area contributed by atoms with Crippen LogP contribution in [0.5, 0.6) is 0 Å². The topological polar surface area (TPSA) is 71.8 Å². The van der Waals surface area contributed by atoms with Gasteiger partial charge in [0.15, 0.2) is 0 Å². The summed E-state index contributed by atoms with van der Waals surface area (Å²) in [5.41, 5.74) is 6.68. The highest BCUT2D eigenvalue weighted by Gasteiger charge is 2.21. The number of hydrogen-bond acceptors (Lipinski definition) is 4. The Morgan fingerprint density at radius 1 is 1.44 bits per heavy atom. The lowest BCUT2D eigenvalue weighted by atomic mass is 10.1. The van der Waals surface area contributed by atoms with Crippen LogP contribution >= 0.6 is 11.3 Å². The van der Waals surface area contributed by atoms with Gasteiger partial charge in [-0.05, 0) is 25.3 Å². The van der Waals surface area contributed by atoms with Crippen LogP contribution < -0.4 is 11.3 Å². The van der Waals surface area contributed by atoms with Crippen LogP contribution in [0.2, 0.25) is 0 Å². The van der Waals surface area contributed by atoms with E-state index in [1.165, 1.54) is 12.8 Å². The second-order valence-corrected chi connectivity index (χ2v) is 6.05. The van der Waals surface area contributed by atoms with Crippen molar-refractivity contribution < 1.29 is 0 Å². The summed E-state index contributed by atoms with van der Waals surface area (Å²) in [6.45, 7) is 2.43. The molecule has 1 fully saturated rings. The summed E-state index contributed by atoms with van der Waals surface area (Å²) >= 11 is 1.55. The van der Waals surface area contributed by atoms with E-state index in [1.807, 2.05) is 6.92 Å². The van der Waals surface area contributed by atoms with E-state index in [0.717, 1.165) is 39.3 Å². The number of H-pyrrole nitrogens is 1. The van der Waals surface area contributed by atoms with Crippen molar-refractivity contribution in [3.05, 3.63) is 26.6 Å². The molecule has 0 atom stereocenters. The van der Waals surface area contributed by atoms with Crippen molar-refractivity contribution in [1.82, 2.24) is 9.97 Å². The van der Waals surface area contributed by atoms with Crippen LogP contribution in [-0.2, 0) is 6.54 Å². The van der Waals surface area contributed by atoms with Gasteiger partial charge in [0.05, 0.1) is 5.39 Å². The van der Waals surface area contributed by atoms with Crippen molar-refractivity contribution in [2.45, 2.75) is 45.1 Å². The number of nitrogens with zero attached hydrogens (tertiary/aromatic N) is 1. The van der Waals surface area contributed by atoms with Gasteiger partial charge in [-0.3, -0.25) is 4.79 Å². The largest absolute Gasteiger partial charge is 0.326 e. The van der Waals surface area contributed by atoms with Crippen LogP contribution in [0.3, 0.4) is 0 Å². The molecule has 2 heterocycles. The molecule has 0 bridgehead atoms. The molecule has 0 saturated heterocycles. The normalized spacial score (nSPS) is 16.8. The molecular weight excluding hydrogens is 246 g/mol. The maximum atomic E-state index is 12.2. The fourth-order valence-corrected chi connectivity index (χ4v) is 3.86. The van der Waals surface area contributed by atoms with Crippen LogP contribution in [0.4, 0.5) is 0 Å². The van der Waals surface area contributed by atoms with Gasteiger partial charge in [0.25, 0.3) is 5.56 Å². The number of aryl methyl sites for hydroxylation is 1. The molecule has 1 saturated carbocycles. The first-order valence-corrected chi connectivity index (χ1v) is 7.24. The number of rotatable bonds is 2. The van der Waals surface area contributed by atoms with Crippen LogP contribution in [0, 0.1) is 6.92 Å². The number of aromatic nitrogens is 2. The molecule has 0 aliphatic heterocycles. The molecule has 1 aliphatic carbocycles. The van der Waals surface area contributed by atoms with Crippen molar-refractivity contribution >= 4 is 21.6 Å². The van der Waals surface area contributed by atoms with Crippen LogP contribution in [-0.4, -0.2) is 9.97 Å². The molecule has 4 nitrogen and oxygen atoms in total. The Labute approximate surface area is 109 Å². The van der Waals surface area contributed by atoms with E-state index in [-0.39, 0.29) is 5.56 Å². The minimum Gasteiger partial charge on any atom is -0.326 e. The molecule has 0 radical (unpaired) electrons. The first-order chi connectivity index (χ1) is 8.70. The molecule has 1 aliphatic rings. The van der Waals surface area contributed by atoms with E-state index in [4.69, 9.17) is 5.73 Å². The van der Waals surface area contributed by atoms with Gasteiger partial charge in [-0.15, -0.1) is 11.3 Å². The second-order valence-electron chi connectivity index (χ2n) is 4.97. The number of fused-ring (bicyclic) bond motifs is 1. The molecule has 5 heteroatoms. The van der Waals surface area contributed by atoms with Crippen LogP contribution in [0.15, 0.2) is 4.79 Å². The lowest BCUT2D eigenvalue weighted by molar-refractivity contribution is 0.670. The van der Waals surface area contributed by atoms with Crippen molar-refractivity contribution in [3.8, 4) is 0 Å². The monoisotopic (exact) mass is 263 g/mol. The van der Waals surface area contributed by atoms with Crippen molar-refractivity contribution in [3.63, 3.8) is 0 Å². The smallest absolute Gasteiger partial charge is 0.259 e. The van der Waals surface area contributed by atoms with E-state index in [1.54, 1.807) is 11.3 Å². The fourth-order valence-electron chi connectivity index (χ4n) is 2.79. The highest BCUT2D eigenvalue weighted by molar-refractivity contribution is 7.18. The third-order valence-corrected chi connectivity index (χ3v) is 5.05. The lowest BCUT2D eigenvalue weighted by Crippen LogP contribution is -2.13. The van der Waals surface area contributed by atoms with E-state index in [2.05, 4.69) is 9.97 Å². The van der Waals surface area contributed by atoms with Gasteiger partial charge in [-0.25, -0.2) is 4.98 Å². The molecule has 2 aromatic heterocycles. The molecule has 2 aromatic rings. The summed E-state index contributed by atoms with van der Waals surface area (Å²) in [5, 5.41) is 0.724. The Bertz CT molecular complexity index is 637. The first-order valence-electron chi connectivity index (χ1n) is 6.43. The summed E-state index contributed by atoms with van der Waals surface area (Å²) < 4.78 is 0. The molecule has 18 heavy (non-hydrogen) atoms. The van der Waals surface area contributed by atoms with Gasteiger partial charge < -0.3 is 10.7 Å². The predicted molar refractivity (Wildman–Crippen MR) is 74.1 cm³/mol. The zero-order valence-corrected chi connectivity index (χ0v) is 11.3. The Balaban J connectivity index is 2.18. The molecule has 3 N–H and O–H groups in total. The SMILES string of the molecule is Cc1c(CN)sc2nc(C3CCCC3)[nH]c(=O)c12. The minimum atomic E-state index is -0.00431. The summed E-state index contributed by atoms with van der Waals surface area (Å²) in [5.74, 6) is 1.31. The Morgan fingerprint density at radius 2 is 2.17 bits per heavy atom. The van der Waals surface area contributed by atoms with E-state index < -0.39 is 0 Å². The molecule has 0 amide bonds. The molecule has 0 aromatic carbocycles. The standard InChI is InChI=1S/C13H17N3OS/c1-7-9(6-14)18-13-10(7)12(17)15-11(16-13)8-4-2-3-5-8/h8H,2-6,14H2,1H3,(H,15,16,17). The third kappa shape index (κ3) is 1.78. The van der Waals surface area contributed by atoms with Gasteiger partial charge in [0, 0.05) is 17.3 Å². The summed E-state index contributed by atoms with van der Waals surface area (Å²) in [4.78, 5) is 21.7. The Morgan fingerprint density at radius 3 is 2.83 bits per heavy atom. The highest BCUT2D eigenvalue weighted by Crippen LogP contribution is 2.33. The quantitative estimate of drug-likeness (QED) is 0.874. The first kappa shape index (κ1) is 11.9. The van der Waals surface area contributed by atoms with Gasteiger partial charge in [0.2, 0.25) is 0 Å². The average Bonchev–Trinajstić information content (AvgIpc) is 2.97. The fraction of sp³-hybridized carbons (Fsp3) is 0.538. The summed E-state index contributed by atoms with van der Waals surface area (Å²) in [6, 6.07) is 0. The molecule has 0 spiro atoms. The number of thiophene rings is 1. The third-order valence-electron chi connectivity index (χ3n) is 3.84. The van der Waals surface area contributed by atoms with Crippen molar-refractivity contribution in [1.29, 1.82) is 0 Å². The number of hydrogen-bond donors (Lipinski definition) is 2. The van der Waals surface area contributed by atoms with Crippen molar-refractivity contribution in [2.75, 3.05) is 0 Å². The van der Waals surface area contributed by atoms with E-state index in [0.29, 0.717) is 12.5 Å². The number of aromatic amines is 1. The summed E-state index contributed by atoms with van der Waals surface area (Å²) in [7, 11) is 0. The molecule has 3 rings (SSSR count). The summed E-state index contributed by atoms with van der Waals surface area (Å²) in [6.07, 6.45) is 4.76. The van der Waals surface area contributed by atoms with Crippen LogP contribution in [0.1, 0.15) is 47.9 Å². The van der Waals surface area contributed by atoms with Crippen LogP contribution in [0.25, 0.3) is 10.2 Å². The number of nitrogens with one attached hydrogen (secondary N) is 1. The van der Waals surface area contributed by atoms with Gasteiger partial charge in [-0.1, -0.05) is 12.8 Å². The zero-order chi connectivity index (χ0) is 12.7. The second kappa shape index (κ2) is 4.48. The number of nitrogens with two attached hydrogens (primary N) is 1. The molecule has 0 unspecified atom stereocenters. The highest BCUT2D eigenvalue weighted by atomic mass is 32.1. The average molecular weight is 263 g/mol. The molecular formula is C13H17N3OS. The van der Waals surface area contributed by atoms with E-state index in [9.17, 15) is 4.79 Å². The van der Waals surface area contributed by atoms with Gasteiger partial charge >= 0.3 is 0 Å². The minimum absolute atomic E-state index is 0.00431. The maximum absolute atomic E-state index is 12.2. The zero-order valence-electron chi connectivity index (χ0n) is 10.5. The Hall–Kier alpha value is -1.20. The lowest BCUT2D eigenvalue weighted by Gasteiger charge is -2.07. The Kier molecular flexibility index (Phi) is 2.95. The maximum Gasteiger partial charge on any atom is 0.259 e. The predicted octanol–water partition coefficient (Wildman–Crippen LogP) is 2.41. The van der Waals surface area contributed by atoms with Gasteiger partial charge in [-0.2, -0.15) is 0 Å². The molecule has 96 valence electrons. The van der Waals surface area contributed by atoms with Crippen molar-refractivity contribution in [2.24, 2.45) is 5.73 Å². The van der Waals surface area contributed by atoms with E-state index >= 15 is 0 Å². The van der Waals surface area contributed by atoms with Gasteiger partial charge in [0.1, 0.15) is 10.7 Å².